The third-order valence-corrected chi connectivity index (χ3v) is 5.83. The van der Waals surface area contributed by atoms with Crippen molar-refractivity contribution in [1.82, 2.24) is 9.97 Å². The molecule has 5 rings (SSSR count). The average molecular weight is 389 g/mol. The van der Waals surface area contributed by atoms with Crippen molar-refractivity contribution >= 4 is 27.4 Å². The van der Waals surface area contributed by atoms with Crippen LogP contribution < -0.4 is 14.8 Å². The Labute approximate surface area is 167 Å². The summed E-state index contributed by atoms with van der Waals surface area (Å²) in [5, 5.41) is 6.72. The predicted molar refractivity (Wildman–Crippen MR) is 112 cm³/mol. The summed E-state index contributed by atoms with van der Waals surface area (Å²) in [5.74, 6) is 2.43. The molecular weight excluding hydrogens is 370 g/mol. The fraction of sp³-hybridized carbons (Fsp3) is 0.182. The van der Waals surface area contributed by atoms with Crippen molar-refractivity contribution in [2.75, 3.05) is 12.1 Å². The molecule has 0 aliphatic carbocycles. The standard InChI is InChI=1S/C22H19N3O2S/c1-13-3-5-16(14(2)7-13)17-10-28-22-20(17)21(24-11-25-22)23-9-15-4-6-18-19(8-15)27-12-26-18/h3-8,10-11H,9,12H2,1-2H3,(H,23,24,25). The maximum atomic E-state index is 5.47. The molecule has 1 aliphatic heterocycles. The van der Waals surface area contributed by atoms with Crippen molar-refractivity contribution in [2.45, 2.75) is 20.4 Å². The van der Waals surface area contributed by atoms with E-state index in [4.69, 9.17) is 9.47 Å². The minimum atomic E-state index is 0.285. The molecule has 28 heavy (non-hydrogen) atoms. The minimum absolute atomic E-state index is 0.285. The van der Waals surface area contributed by atoms with E-state index in [9.17, 15) is 0 Å². The van der Waals surface area contributed by atoms with Crippen LogP contribution in [0.3, 0.4) is 0 Å². The van der Waals surface area contributed by atoms with Crippen molar-refractivity contribution in [1.29, 1.82) is 0 Å². The van der Waals surface area contributed by atoms with Crippen LogP contribution in [0.2, 0.25) is 0 Å². The number of aryl methyl sites for hydroxylation is 2. The van der Waals surface area contributed by atoms with E-state index in [-0.39, 0.29) is 6.79 Å². The predicted octanol–water partition coefficient (Wildman–Crippen LogP) is 5.32. The molecule has 2 aromatic carbocycles. The van der Waals surface area contributed by atoms with Crippen LogP contribution in [0, 0.1) is 13.8 Å². The molecule has 3 heterocycles. The normalized spacial score (nSPS) is 12.5. The van der Waals surface area contributed by atoms with Crippen LogP contribution >= 0.6 is 11.3 Å². The summed E-state index contributed by atoms with van der Waals surface area (Å²) in [6.45, 7) is 5.19. The van der Waals surface area contributed by atoms with Crippen LogP contribution in [-0.4, -0.2) is 16.8 Å². The second-order valence-corrected chi connectivity index (χ2v) is 7.77. The summed E-state index contributed by atoms with van der Waals surface area (Å²) in [5.41, 5.74) is 6.02. The summed E-state index contributed by atoms with van der Waals surface area (Å²) in [6.07, 6.45) is 1.62. The Kier molecular flexibility index (Phi) is 4.13. The molecule has 0 bridgehead atoms. The van der Waals surface area contributed by atoms with Gasteiger partial charge in [0, 0.05) is 17.5 Å². The molecule has 6 heteroatoms. The highest BCUT2D eigenvalue weighted by Crippen LogP contribution is 2.38. The number of hydrogen-bond acceptors (Lipinski definition) is 6. The van der Waals surface area contributed by atoms with Crippen molar-refractivity contribution in [3.05, 3.63) is 64.8 Å². The highest BCUT2D eigenvalue weighted by atomic mass is 32.1. The van der Waals surface area contributed by atoms with Crippen molar-refractivity contribution in [2.24, 2.45) is 0 Å². The first-order valence-electron chi connectivity index (χ1n) is 9.11. The lowest BCUT2D eigenvalue weighted by atomic mass is 9.99. The van der Waals surface area contributed by atoms with Gasteiger partial charge >= 0.3 is 0 Å². The van der Waals surface area contributed by atoms with Gasteiger partial charge in [-0.05, 0) is 42.7 Å². The molecular formula is C22H19N3O2S. The highest BCUT2D eigenvalue weighted by molar-refractivity contribution is 7.17. The van der Waals surface area contributed by atoms with E-state index < -0.39 is 0 Å². The van der Waals surface area contributed by atoms with E-state index in [0.29, 0.717) is 6.54 Å². The number of nitrogens with one attached hydrogen (secondary N) is 1. The fourth-order valence-electron chi connectivity index (χ4n) is 3.56. The molecule has 0 fully saturated rings. The van der Waals surface area contributed by atoms with E-state index in [2.05, 4.69) is 52.7 Å². The number of anilines is 1. The lowest BCUT2D eigenvalue weighted by molar-refractivity contribution is 0.174. The molecule has 5 nitrogen and oxygen atoms in total. The molecule has 4 aromatic rings. The van der Waals surface area contributed by atoms with Crippen LogP contribution in [0.25, 0.3) is 21.3 Å². The molecule has 0 amide bonds. The molecule has 0 saturated heterocycles. The maximum Gasteiger partial charge on any atom is 0.231 e. The average Bonchev–Trinajstić information content (AvgIpc) is 3.33. The number of thiophene rings is 1. The number of hydrogen-bond donors (Lipinski definition) is 1. The smallest absolute Gasteiger partial charge is 0.231 e. The Morgan fingerprint density at radius 3 is 2.79 bits per heavy atom. The van der Waals surface area contributed by atoms with E-state index >= 15 is 0 Å². The largest absolute Gasteiger partial charge is 0.454 e. The van der Waals surface area contributed by atoms with Gasteiger partial charge in [0.15, 0.2) is 11.5 Å². The molecule has 140 valence electrons. The first-order chi connectivity index (χ1) is 13.7. The zero-order valence-electron chi connectivity index (χ0n) is 15.7. The SMILES string of the molecule is Cc1ccc(-c2csc3ncnc(NCc4ccc5c(c4)OCO5)c23)c(C)c1. The van der Waals surface area contributed by atoms with Crippen molar-refractivity contribution in [3.8, 4) is 22.6 Å². The third kappa shape index (κ3) is 2.96. The monoisotopic (exact) mass is 389 g/mol. The zero-order chi connectivity index (χ0) is 19.1. The van der Waals surface area contributed by atoms with E-state index in [1.807, 2.05) is 18.2 Å². The van der Waals surface area contributed by atoms with Crippen LogP contribution in [0.15, 0.2) is 48.1 Å². The summed E-state index contributed by atoms with van der Waals surface area (Å²) in [7, 11) is 0. The topological polar surface area (TPSA) is 56.3 Å². The molecule has 0 atom stereocenters. The summed E-state index contributed by atoms with van der Waals surface area (Å²) < 4.78 is 10.9. The minimum Gasteiger partial charge on any atom is -0.454 e. The Hall–Kier alpha value is -3.12. The van der Waals surface area contributed by atoms with Gasteiger partial charge in [0.05, 0.1) is 5.39 Å². The molecule has 0 unspecified atom stereocenters. The van der Waals surface area contributed by atoms with Crippen LogP contribution in [-0.2, 0) is 6.54 Å². The number of rotatable bonds is 4. The summed E-state index contributed by atoms with van der Waals surface area (Å²) in [4.78, 5) is 9.98. The first kappa shape index (κ1) is 17.0. The van der Waals surface area contributed by atoms with E-state index in [0.717, 1.165) is 33.1 Å². The van der Waals surface area contributed by atoms with Gasteiger partial charge in [-0.25, -0.2) is 9.97 Å². The second kappa shape index (κ2) is 6.80. The van der Waals surface area contributed by atoms with Gasteiger partial charge in [-0.3, -0.25) is 0 Å². The van der Waals surface area contributed by atoms with Gasteiger partial charge in [-0.1, -0.05) is 29.8 Å². The quantitative estimate of drug-likeness (QED) is 0.512. The number of aromatic nitrogens is 2. The van der Waals surface area contributed by atoms with Crippen LogP contribution in [0.1, 0.15) is 16.7 Å². The van der Waals surface area contributed by atoms with Crippen LogP contribution in [0.5, 0.6) is 11.5 Å². The molecule has 1 aliphatic rings. The molecule has 0 saturated carbocycles. The number of fused-ring (bicyclic) bond motifs is 2. The Bertz CT molecular complexity index is 1190. The van der Waals surface area contributed by atoms with Gasteiger partial charge in [-0.2, -0.15) is 0 Å². The summed E-state index contributed by atoms with van der Waals surface area (Å²) >= 11 is 1.65. The lowest BCUT2D eigenvalue weighted by Gasteiger charge is -2.10. The van der Waals surface area contributed by atoms with E-state index in [1.54, 1.807) is 17.7 Å². The van der Waals surface area contributed by atoms with Gasteiger partial charge in [0.2, 0.25) is 6.79 Å². The second-order valence-electron chi connectivity index (χ2n) is 6.91. The van der Waals surface area contributed by atoms with Gasteiger partial charge in [0.1, 0.15) is 17.0 Å². The van der Waals surface area contributed by atoms with Gasteiger partial charge in [0.25, 0.3) is 0 Å². The Balaban J connectivity index is 1.50. The fourth-order valence-corrected chi connectivity index (χ4v) is 4.47. The van der Waals surface area contributed by atoms with Gasteiger partial charge < -0.3 is 14.8 Å². The third-order valence-electron chi connectivity index (χ3n) is 4.94. The molecule has 0 radical (unpaired) electrons. The Morgan fingerprint density at radius 2 is 1.89 bits per heavy atom. The maximum absolute atomic E-state index is 5.47. The summed E-state index contributed by atoms with van der Waals surface area (Å²) in [6, 6.07) is 12.5. The number of ether oxygens (including phenoxy) is 2. The molecule has 2 aromatic heterocycles. The highest BCUT2D eigenvalue weighted by Gasteiger charge is 2.16. The molecule has 1 N–H and O–H groups in total. The van der Waals surface area contributed by atoms with Gasteiger partial charge in [-0.15, -0.1) is 11.3 Å². The number of nitrogens with zero attached hydrogens (tertiary/aromatic N) is 2. The van der Waals surface area contributed by atoms with Crippen LogP contribution in [0.4, 0.5) is 5.82 Å². The zero-order valence-corrected chi connectivity index (χ0v) is 16.5. The van der Waals surface area contributed by atoms with Crippen molar-refractivity contribution in [3.63, 3.8) is 0 Å². The first-order valence-corrected chi connectivity index (χ1v) is 9.99. The number of benzene rings is 2. The lowest BCUT2D eigenvalue weighted by Crippen LogP contribution is -2.02. The van der Waals surface area contributed by atoms with E-state index in [1.165, 1.54) is 22.3 Å². The Morgan fingerprint density at radius 1 is 1.00 bits per heavy atom. The molecule has 0 spiro atoms. The van der Waals surface area contributed by atoms with Crippen molar-refractivity contribution < 1.29 is 9.47 Å².